The minimum Gasteiger partial charge on any atom is -0.493 e. The average molecular weight is 397 g/mol. The molecule has 1 unspecified atom stereocenters. The summed E-state index contributed by atoms with van der Waals surface area (Å²) in [6, 6.07) is 7.33. The molecule has 1 N–H and O–H groups in total. The van der Waals surface area contributed by atoms with E-state index < -0.39 is 16.1 Å². The molecule has 6 nitrogen and oxygen atoms in total. The van der Waals surface area contributed by atoms with Gasteiger partial charge in [0.05, 0.1) is 12.9 Å². The van der Waals surface area contributed by atoms with Gasteiger partial charge in [-0.25, -0.2) is 8.42 Å². The lowest BCUT2D eigenvalue weighted by Crippen LogP contribution is -2.48. The lowest BCUT2D eigenvalue weighted by molar-refractivity contribution is -0.124. The summed E-state index contributed by atoms with van der Waals surface area (Å²) in [4.78, 5) is 12.5. The number of hydrogen-bond acceptors (Lipinski definition) is 4. The smallest absolute Gasteiger partial charge is 0.238 e. The number of ether oxygens (including phenoxy) is 1. The maximum absolute atomic E-state index is 12.5. The number of benzene rings is 1. The van der Waals surface area contributed by atoms with Crippen LogP contribution >= 0.6 is 0 Å². The van der Waals surface area contributed by atoms with E-state index in [-0.39, 0.29) is 11.3 Å². The summed E-state index contributed by atoms with van der Waals surface area (Å²) < 4.78 is 30.7. The van der Waals surface area contributed by atoms with E-state index in [2.05, 4.69) is 33.0 Å². The van der Waals surface area contributed by atoms with Gasteiger partial charge in [-0.2, -0.15) is 4.31 Å². The predicted octanol–water partition coefficient (Wildman–Crippen LogP) is 2.54. The van der Waals surface area contributed by atoms with Gasteiger partial charge in [0, 0.05) is 18.5 Å². The first kappa shape index (κ1) is 21.7. The molecular formula is C20H32N2O4S. The second-order valence-electron chi connectivity index (χ2n) is 8.36. The Morgan fingerprint density at radius 1 is 1.30 bits per heavy atom. The number of sulfonamides is 1. The Labute approximate surface area is 163 Å². The predicted molar refractivity (Wildman–Crippen MR) is 107 cm³/mol. The second kappa shape index (κ2) is 8.61. The molecular weight excluding hydrogens is 364 g/mol. The first-order valence-corrected chi connectivity index (χ1v) is 11.3. The van der Waals surface area contributed by atoms with Gasteiger partial charge < -0.3 is 10.1 Å². The van der Waals surface area contributed by atoms with Crippen LogP contribution < -0.4 is 10.1 Å². The summed E-state index contributed by atoms with van der Waals surface area (Å²) in [5.41, 5.74) is 0.812. The first-order chi connectivity index (χ1) is 12.5. The van der Waals surface area contributed by atoms with E-state index in [1.807, 2.05) is 24.3 Å². The highest BCUT2D eigenvalue weighted by atomic mass is 32.2. The van der Waals surface area contributed by atoms with Crippen molar-refractivity contribution in [1.29, 1.82) is 0 Å². The quantitative estimate of drug-likeness (QED) is 0.733. The fourth-order valence-electron chi connectivity index (χ4n) is 3.19. The number of amides is 1. The summed E-state index contributed by atoms with van der Waals surface area (Å²) in [5, 5.41) is 2.94. The maximum Gasteiger partial charge on any atom is 0.238 e. The zero-order valence-electron chi connectivity index (χ0n) is 17.0. The van der Waals surface area contributed by atoms with Gasteiger partial charge in [-0.1, -0.05) is 39.8 Å². The van der Waals surface area contributed by atoms with Crippen molar-refractivity contribution >= 4 is 15.9 Å². The minimum atomic E-state index is -3.36. The Morgan fingerprint density at radius 3 is 2.48 bits per heavy atom. The molecule has 1 atom stereocenters. The number of carbonyl (C=O) groups excluding carboxylic acids is 1. The van der Waals surface area contributed by atoms with E-state index >= 15 is 0 Å². The fraction of sp³-hybridized carbons (Fsp3) is 0.650. The summed E-state index contributed by atoms with van der Waals surface area (Å²) >= 11 is 0. The van der Waals surface area contributed by atoms with E-state index in [0.717, 1.165) is 17.6 Å². The van der Waals surface area contributed by atoms with Crippen LogP contribution in [0.5, 0.6) is 5.75 Å². The third kappa shape index (κ3) is 5.94. The van der Waals surface area contributed by atoms with Gasteiger partial charge in [0.1, 0.15) is 11.8 Å². The van der Waals surface area contributed by atoms with Crippen LogP contribution in [0, 0.1) is 5.92 Å². The standard InChI is InChI=1S/C20H32N2O4S/c1-15(2)13-26-17-10-8-16(9-11-17)20(3,4)14-21-19(23)18-7-6-12-22(18)27(5,24)25/h8-11,15,18H,6-7,12-14H2,1-5H3,(H,21,23). The van der Waals surface area contributed by atoms with Gasteiger partial charge in [-0.3, -0.25) is 4.79 Å². The molecule has 27 heavy (non-hydrogen) atoms. The monoisotopic (exact) mass is 396 g/mol. The topological polar surface area (TPSA) is 75.7 Å². The molecule has 2 rings (SSSR count). The number of carbonyl (C=O) groups is 1. The van der Waals surface area contributed by atoms with Gasteiger partial charge in [0.2, 0.25) is 15.9 Å². The van der Waals surface area contributed by atoms with Crippen molar-refractivity contribution in [2.45, 2.75) is 52.0 Å². The molecule has 0 saturated carbocycles. The van der Waals surface area contributed by atoms with E-state index in [1.165, 1.54) is 4.31 Å². The highest BCUT2D eigenvalue weighted by molar-refractivity contribution is 7.88. The van der Waals surface area contributed by atoms with Crippen molar-refractivity contribution in [3.63, 3.8) is 0 Å². The van der Waals surface area contributed by atoms with E-state index in [9.17, 15) is 13.2 Å². The van der Waals surface area contributed by atoms with Crippen LogP contribution in [0.1, 0.15) is 46.1 Å². The number of hydrogen-bond donors (Lipinski definition) is 1. The summed E-state index contributed by atoms with van der Waals surface area (Å²) in [6.45, 7) is 9.85. The molecule has 1 amide bonds. The molecule has 1 heterocycles. The van der Waals surface area contributed by atoms with Crippen molar-refractivity contribution in [3.8, 4) is 5.75 Å². The molecule has 0 radical (unpaired) electrons. The largest absolute Gasteiger partial charge is 0.493 e. The van der Waals surface area contributed by atoms with Crippen LogP contribution in [0.3, 0.4) is 0 Å². The van der Waals surface area contributed by atoms with E-state index in [1.54, 1.807) is 0 Å². The van der Waals surface area contributed by atoms with E-state index in [0.29, 0.717) is 38.5 Å². The van der Waals surface area contributed by atoms with Gasteiger partial charge in [-0.15, -0.1) is 0 Å². The summed E-state index contributed by atoms with van der Waals surface area (Å²) in [7, 11) is -3.36. The Bertz CT molecular complexity index is 742. The van der Waals surface area contributed by atoms with Crippen molar-refractivity contribution in [2.24, 2.45) is 5.92 Å². The minimum absolute atomic E-state index is 0.220. The van der Waals surface area contributed by atoms with Gasteiger partial charge >= 0.3 is 0 Å². The van der Waals surface area contributed by atoms with Crippen molar-refractivity contribution in [1.82, 2.24) is 9.62 Å². The zero-order chi connectivity index (χ0) is 20.2. The maximum atomic E-state index is 12.5. The van der Waals surface area contributed by atoms with Crippen LogP contribution in [-0.2, 0) is 20.2 Å². The lowest BCUT2D eigenvalue weighted by Gasteiger charge is -2.28. The molecule has 1 aliphatic rings. The van der Waals surface area contributed by atoms with Crippen molar-refractivity contribution in [3.05, 3.63) is 29.8 Å². The molecule has 0 aromatic heterocycles. The van der Waals surface area contributed by atoms with Crippen LogP contribution in [0.4, 0.5) is 0 Å². The van der Waals surface area contributed by atoms with E-state index in [4.69, 9.17) is 4.74 Å². The Balaban J connectivity index is 1.96. The molecule has 0 bridgehead atoms. The number of rotatable bonds is 8. The van der Waals surface area contributed by atoms with Crippen molar-refractivity contribution in [2.75, 3.05) is 26.0 Å². The Hall–Kier alpha value is -1.60. The van der Waals surface area contributed by atoms with Gasteiger partial charge in [-0.05, 0) is 36.5 Å². The SMILES string of the molecule is CC(C)COc1ccc(C(C)(C)CNC(=O)C2CCCN2S(C)(=O)=O)cc1. The third-order valence-electron chi connectivity index (χ3n) is 4.86. The van der Waals surface area contributed by atoms with Crippen LogP contribution in [0.15, 0.2) is 24.3 Å². The third-order valence-corrected chi connectivity index (χ3v) is 6.15. The molecule has 0 aliphatic carbocycles. The molecule has 152 valence electrons. The first-order valence-electron chi connectivity index (χ1n) is 9.48. The van der Waals surface area contributed by atoms with Gasteiger partial charge in [0.25, 0.3) is 0 Å². The van der Waals surface area contributed by atoms with Crippen LogP contribution in [0.25, 0.3) is 0 Å². The average Bonchev–Trinajstić information content (AvgIpc) is 3.08. The van der Waals surface area contributed by atoms with Crippen LogP contribution in [0.2, 0.25) is 0 Å². The molecule has 1 fully saturated rings. The number of nitrogens with one attached hydrogen (secondary N) is 1. The Morgan fingerprint density at radius 2 is 1.93 bits per heavy atom. The molecule has 7 heteroatoms. The lowest BCUT2D eigenvalue weighted by atomic mass is 9.84. The second-order valence-corrected chi connectivity index (χ2v) is 10.3. The Kier molecular flexibility index (Phi) is 6.92. The molecule has 1 aromatic rings. The fourth-order valence-corrected chi connectivity index (χ4v) is 4.32. The zero-order valence-corrected chi connectivity index (χ0v) is 17.8. The molecule has 1 aromatic carbocycles. The normalized spacial score (nSPS) is 18.7. The summed E-state index contributed by atoms with van der Waals surface area (Å²) in [6.07, 6.45) is 2.44. The number of nitrogens with zero attached hydrogens (tertiary/aromatic N) is 1. The summed E-state index contributed by atoms with van der Waals surface area (Å²) in [5.74, 6) is 1.09. The van der Waals surface area contributed by atoms with Crippen LogP contribution in [-0.4, -0.2) is 50.6 Å². The van der Waals surface area contributed by atoms with Gasteiger partial charge in [0.15, 0.2) is 0 Å². The molecule has 1 saturated heterocycles. The highest BCUT2D eigenvalue weighted by Crippen LogP contribution is 2.26. The molecule has 1 aliphatic heterocycles. The highest BCUT2D eigenvalue weighted by Gasteiger charge is 2.36. The molecule has 0 spiro atoms. The van der Waals surface area contributed by atoms with Crippen molar-refractivity contribution < 1.29 is 17.9 Å².